The van der Waals surface area contributed by atoms with Crippen molar-refractivity contribution in [1.29, 1.82) is 0 Å². The Hall–Kier alpha value is -1.69. The maximum absolute atomic E-state index is 11.6. The van der Waals surface area contributed by atoms with Crippen molar-refractivity contribution in [1.82, 2.24) is 20.8 Å². The fraction of sp³-hybridized carbons (Fsp3) is 0.500. The first-order valence-electron chi connectivity index (χ1n) is 5.30. The molecule has 16 heavy (non-hydrogen) atoms. The molecule has 0 radical (unpaired) electrons. The van der Waals surface area contributed by atoms with Gasteiger partial charge in [0.25, 0.3) is 11.5 Å². The number of carbonyl (C=O) groups is 1. The summed E-state index contributed by atoms with van der Waals surface area (Å²) in [5.41, 5.74) is -0.0675. The average molecular weight is 222 g/mol. The fourth-order valence-electron chi connectivity index (χ4n) is 1.69. The first-order valence-corrected chi connectivity index (χ1v) is 5.30. The maximum Gasteiger partial charge on any atom is 0.271 e. The van der Waals surface area contributed by atoms with Gasteiger partial charge in [-0.3, -0.25) is 9.59 Å². The van der Waals surface area contributed by atoms with Gasteiger partial charge in [0.1, 0.15) is 5.69 Å². The Bertz CT molecular complexity index is 403. The molecule has 1 atom stereocenters. The molecular formula is C10H14N4O2. The number of aromatic nitrogens is 2. The van der Waals surface area contributed by atoms with Crippen molar-refractivity contribution in [3.63, 3.8) is 0 Å². The normalized spacial score (nSPS) is 19.6. The number of amides is 1. The van der Waals surface area contributed by atoms with Gasteiger partial charge in [-0.05, 0) is 31.5 Å². The summed E-state index contributed by atoms with van der Waals surface area (Å²) in [6.07, 6.45) is 1.08. The molecule has 1 unspecified atom stereocenters. The van der Waals surface area contributed by atoms with Crippen LogP contribution in [0, 0.1) is 5.92 Å². The quantitative estimate of drug-likeness (QED) is 0.619. The molecule has 0 bridgehead atoms. The highest BCUT2D eigenvalue weighted by Gasteiger charge is 2.16. The monoisotopic (exact) mass is 222 g/mol. The van der Waals surface area contributed by atoms with Crippen LogP contribution in [0.25, 0.3) is 0 Å². The minimum atomic E-state index is -0.309. The highest BCUT2D eigenvalue weighted by Crippen LogP contribution is 2.05. The number of H-pyrrole nitrogens is 1. The molecule has 1 aromatic heterocycles. The number of aromatic amines is 1. The zero-order valence-electron chi connectivity index (χ0n) is 8.82. The number of carbonyl (C=O) groups excluding carboxylic acids is 1. The van der Waals surface area contributed by atoms with Crippen LogP contribution in [0.3, 0.4) is 0 Å². The lowest BCUT2D eigenvalue weighted by Crippen LogP contribution is -2.31. The minimum Gasteiger partial charge on any atom is -0.350 e. The molecule has 2 heterocycles. The van der Waals surface area contributed by atoms with Gasteiger partial charge < -0.3 is 10.6 Å². The van der Waals surface area contributed by atoms with Crippen LogP contribution in [0.2, 0.25) is 0 Å². The Kier molecular flexibility index (Phi) is 3.31. The van der Waals surface area contributed by atoms with Gasteiger partial charge in [0.15, 0.2) is 0 Å². The second-order valence-electron chi connectivity index (χ2n) is 3.88. The van der Waals surface area contributed by atoms with E-state index in [1.807, 2.05) is 0 Å². The third kappa shape index (κ3) is 2.66. The Balaban J connectivity index is 1.87. The summed E-state index contributed by atoms with van der Waals surface area (Å²) in [5, 5.41) is 11.9. The Morgan fingerprint density at radius 3 is 3.06 bits per heavy atom. The number of hydrogen-bond donors (Lipinski definition) is 3. The van der Waals surface area contributed by atoms with Crippen LogP contribution in [0.5, 0.6) is 0 Å². The van der Waals surface area contributed by atoms with Crippen molar-refractivity contribution in [2.45, 2.75) is 6.42 Å². The predicted octanol–water partition coefficient (Wildman–Crippen LogP) is -0.891. The van der Waals surface area contributed by atoms with Gasteiger partial charge in [-0.15, -0.1) is 0 Å². The van der Waals surface area contributed by atoms with Gasteiger partial charge in [0.05, 0.1) is 0 Å². The summed E-state index contributed by atoms with van der Waals surface area (Å²) in [6, 6.07) is 2.71. The zero-order chi connectivity index (χ0) is 11.4. The van der Waals surface area contributed by atoms with Gasteiger partial charge in [-0.25, -0.2) is 5.10 Å². The second-order valence-corrected chi connectivity index (χ2v) is 3.88. The van der Waals surface area contributed by atoms with Crippen LogP contribution in [-0.4, -0.2) is 35.7 Å². The lowest BCUT2D eigenvalue weighted by molar-refractivity contribution is 0.0942. The molecule has 1 amide bonds. The molecule has 1 aromatic rings. The number of nitrogens with one attached hydrogen (secondary N) is 3. The van der Waals surface area contributed by atoms with E-state index in [4.69, 9.17) is 0 Å². The van der Waals surface area contributed by atoms with Crippen molar-refractivity contribution in [3.8, 4) is 0 Å². The van der Waals surface area contributed by atoms with E-state index < -0.39 is 0 Å². The Morgan fingerprint density at radius 1 is 1.56 bits per heavy atom. The Labute approximate surface area is 92.4 Å². The number of nitrogens with zero attached hydrogens (tertiary/aromatic N) is 1. The van der Waals surface area contributed by atoms with Crippen molar-refractivity contribution < 1.29 is 4.79 Å². The molecular weight excluding hydrogens is 208 g/mol. The molecule has 1 fully saturated rings. The SMILES string of the molecule is O=C(NCC1CCNC1)c1ccc(=O)[nH]n1. The maximum atomic E-state index is 11.6. The summed E-state index contributed by atoms with van der Waals surface area (Å²) < 4.78 is 0. The van der Waals surface area contributed by atoms with E-state index in [0.29, 0.717) is 12.5 Å². The molecule has 6 heteroatoms. The predicted molar refractivity (Wildman–Crippen MR) is 58.2 cm³/mol. The highest BCUT2D eigenvalue weighted by atomic mass is 16.2. The standard InChI is InChI=1S/C10H14N4O2/c15-9-2-1-8(13-14-9)10(16)12-6-7-3-4-11-5-7/h1-2,7,11H,3-6H2,(H,12,16)(H,14,15). The smallest absolute Gasteiger partial charge is 0.271 e. The van der Waals surface area contributed by atoms with Crippen LogP contribution >= 0.6 is 0 Å². The summed E-state index contributed by atoms with van der Waals surface area (Å²) >= 11 is 0. The van der Waals surface area contributed by atoms with Crippen molar-refractivity contribution >= 4 is 5.91 Å². The molecule has 1 saturated heterocycles. The van der Waals surface area contributed by atoms with Gasteiger partial charge >= 0.3 is 0 Å². The number of rotatable bonds is 3. The molecule has 0 saturated carbocycles. The summed E-state index contributed by atoms with van der Waals surface area (Å²) in [4.78, 5) is 22.3. The molecule has 1 aliphatic heterocycles. The molecule has 6 nitrogen and oxygen atoms in total. The van der Waals surface area contributed by atoms with Gasteiger partial charge in [0, 0.05) is 12.6 Å². The zero-order valence-corrected chi connectivity index (χ0v) is 8.82. The third-order valence-corrected chi connectivity index (χ3v) is 2.63. The van der Waals surface area contributed by atoms with Gasteiger partial charge in [-0.2, -0.15) is 5.10 Å². The average Bonchev–Trinajstić information content (AvgIpc) is 2.80. The van der Waals surface area contributed by atoms with E-state index in [1.165, 1.54) is 12.1 Å². The van der Waals surface area contributed by atoms with Crippen molar-refractivity contribution in [2.24, 2.45) is 5.92 Å². The number of hydrogen-bond acceptors (Lipinski definition) is 4. The molecule has 2 rings (SSSR count). The first kappa shape index (κ1) is 10.8. The van der Waals surface area contributed by atoms with Crippen LogP contribution < -0.4 is 16.2 Å². The summed E-state index contributed by atoms with van der Waals surface area (Å²) in [7, 11) is 0. The lowest BCUT2D eigenvalue weighted by atomic mass is 10.1. The van der Waals surface area contributed by atoms with E-state index in [1.54, 1.807) is 0 Å². The van der Waals surface area contributed by atoms with Gasteiger partial charge in [0.2, 0.25) is 0 Å². The van der Waals surface area contributed by atoms with Crippen LogP contribution in [-0.2, 0) is 0 Å². The van der Waals surface area contributed by atoms with Gasteiger partial charge in [-0.1, -0.05) is 0 Å². The minimum absolute atomic E-state index is 0.241. The van der Waals surface area contributed by atoms with E-state index in [9.17, 15) is 9.59 Å². The van der Waals surface area contributed by atoms with Crippen molar-refractivity contribution in [3.05, 3.63) is 28.2 Å². The first-order chi connectivity index (χ1) is 7.75. The fourth-order valence-corrected chi connectivity index (χ4v) is 1.69. The summed E-state index contributed by atoms with van der Waals surface area (Å²) in [5.74, 6) is 0.245. The summed E-state index contributed by atoms with van der Waals surface area (Å²) in [6.45, 7) is 2.60. The molecule has 0 spiro atoms. The van der Waals surface area contributed by atoms with Crippen LogP contribution in [0.4, 0.5) is 0 Å². The van der Waals surface area contributed by atoms with E-state index >= 15 is 0 Å². The Morgan fingerprint density at radius 2 is 2.44 bits per heavy atom. The van der Waals surface area contributed by atoms with Crippen LogP contribution in [0.1, 0.15) is 16.9 Å². The largest absolute Gasteiger partial charge is 0.350 e. The second kappa shape index (κ2) is 4.89. The highest BCUT2D eigenvalue weighted by molar-refractivity contribution is 5.91. The molecule has 0 aromatic carbocycles. The molecule has 86 valence electrons. The van der Waals surface area contributed by atoms with E-state index in [2.05, 4.69) is 20.8 Å². The van der Waals surface area contributed by atoms with Crippen molar-refractivity contribution in [2.75, 3.05) is 19.6 Å². The van der Waals surface area contributed by atoms with E-state index in [-0.39, 0.29) is 17.2 Å². The van der Waals surface area contributed by atoms with Crippen LogP contribution in [0.15, 0.2) is 16.9 Å². The van der Waals surface area contributed by atoms with E-state index in [0.717, 1.165) is 19.5 Å². The lowest BCUT2D eigenvalue weighted by Gasteiger charge is -2.09. The molecule has 0 aliphatic carbocycles. The molecule has 3 N–H and O–H groups in total. The molecule has 1 aliphatic rings. The topological polar surface area (TPSA) is 86.9 Å². The third-order valence-electron chi connectivity index (χ3n) is 2.63.